The molecule has 0 saturated heterocycles. The summed E-state index contributed by atoms with van der Waals surface area (Å²) in [5.41, 5.74) is 1.40. The summed E-state index contributed by atoms with van der Waals surface area (Å²) in [6, 6.07) is 3.67. The average molecular weight is 336 g/mol. The van der Waals surface area contributed by atoms with Gasteiger partial charge in [-0.15, -0.1) is 11.3 Å². The first kappa shape index (κ1) is 14.7. The number of aromatic carboxylic acids is 1. The molecule has 0 unspecified atom stereocenters. The zero-order valence-corrected chi connectivity index (χ0v) is 13.4. The monoisotopic (exact) mass is 336 g/mol. The molecule has 22 heavy (non-hydrogen) atoms. The maximum atomic E-state index is 11.1. The lowest BCUT2D eigenvalue weighted by atomic mass is 10.4. The third kappa shape index (κ3) is 2.85. The molecule has 3 aromatic rings. The molecule has 114 valence electrons. The van der Waals surface area contributed by atoms with E-state index in [1.807, 2.05) is 23.9 Å². The fourth-order valence-corrected chi connectivity index (χ4v) is 3.56. The van der Waals surface area contributed by atoms with Crippen LogP contribution in [0.2, 0.25) is 0 Å². The molecule has 0 spiro atoms. The Morgan fingerprint density at radius 1 is 1.55 bits per heavy atom. The number of nitrogens with zero attached hydrogens (tertiary/aromatic N) is 3. The van der Waals surface area contributed by atoms with Crippen molar-refractivity contribution < 1.29 is 14.4 Å². The van der Waals surface area contributed by atoms with E-state index in [1.165, 1.54) is 29.5 Å². The van der Waals surface area contributed by atoms with Gasteiger partial charge in [-0.25, -0.2) is 9.78 Å². The van der Waals surface area contributed by atoms with Crippen LogP contribution in [0.4, 0.5) is 5.82 Å². The number of aryl methyl sites for hydroxylation is 2. The van der Waals surface area contributed by atoms with Gasteiger partial charge in [0, 0.05) is 24.2 Å². The molecule has 0 saturated carbocycles. The summed E-state index contributed by atoms with van der Waals surface area (Å²) < 4.78 is 9.71. The summed E-state index contributed by atoms with van der Waals surface area (Å²) in [5, 5.41) is 13.6. The fourth-order valence-electron chi connectivity index (χ4n) is 1.88. The van der Waals surface area contributed by atoms with Crippen LogP contribution in [-0.2, 0) is 7.05 Å². The van der Waals surface area contributed by atoms with Crippen molar-refractivity contribution in [1.82, 2.24) is 14.7 Å². The highest BCUT2D eigenvalue weighted by atomic mass is 32.2. The van der Waals surface area contributed by atoms with Crippen molar-refractivity contribution in [1.29, 1.82) is 0 Å². The maximum Gasteiger partial charge on any atom is 0.347 e. The summed E-state index contributed by atoms with van der Waals surface area (Å²) in [4.78, 5) is 16.7. The zero-order valence-electron chi connectivity index (χ0n) is 11.7. The third-order valence-electron chi connectivity index (χ3n) is 2.90. The Balaban J connectivity index is 1.82. The number of carbonyl (C=O) groups is 1. The summed E-state index contributed by atoms with van der Waals surface area (Å²) >= 11 is 2.57. The Morgan fingerprint density at radius 3 is 3.00 bits per heavy atom. The number of thiazole rings is 1. The van der Waals surface area contributed by atoms with Crippen LogP contribution in [0.15, 0.2) is 34.0 Å². The molecule has 0 radical (unpaired) electrons. The lowest BCUT2D eigenvalue weighted by Gasteiger charge is -1.96. The summed E-state index contributed by atoms with van der Waals surface area (Å²) in [7, 11) is 1.90. The van der Waals surface area contributed by atoms with Crippen molar-refractivity contribution in [3.8, 4) is 10.7 Å². The van der Waals surface area contributed by atoms with Crippen LogP contribution in [0.5, 0.6) is 0 Å². The Kier molecular flexibility index (Phi) is 3.90. The minimum Gasteiger partial charge on any atom is -0.477 e. The van der Waals surface area contributed by atoms with Gasteiger partial charge in [-0.2, -0.15) is 0 Å². The Labute approximate surface area is 134 Å². The van der Waals surface area contributed by atoms with Gasteiger partial charge in [0.1, 0.15) is 16.1 Å². The van der Waals surface area contributed by atoms with Gasteiger partial charge in [0.05, 0.1) is 11.4 Å². The molecule has 3 heterocycles. The van der Waals surface area contributed by atoms with Gasteiger partial charge in [-0.1, -0.05) is 5.16 Å². The largest absolute Gasteiger partial charge is 0.477 e. The SMILES string of the molecule is Cc1nc(-c2cc(SNc3ccon3)cn2C)sc1C(=O)O. The van der Waals surface area contributed by atoms with Crippen LogP contribution in [0.1, 0.15) is 15.4 Å². The first-order valence-corrected chi connectivity index (χ1v) is 7.88. The minimum absolute atomic E-state index is 0.270. The molecule has 0 bridgehead atoms. The summed E-state index contributed by atoms with van der Waals surface area (Å²) in [5.74, 6) is -0.314. The average Bonchev–Trinajstić information content (AvgIpc) is 3.16. The fraction of sp³-hybridized carbons (Fsp3) is 0.154. The molecule has 0 amide bonds. The van der Waals surface area contributed by atoms with E-state index in [2.05, 4.69) is 14.9 Å². The van der Waals surface area contributed by atoms with Crippen LogP contribution in [-0.4, -0.2) is 25.8 Å². The van der Waals surface area contributed by atoms with Crippen LogP contribution >= 0.6 is 23.3 Å². The highest BCUT2D eigenvalue weighted by molar-refractivity contribution is 8.00. The Morgan fingerprint density at radius 2 is 2.36 bits per heavy atom. The van der Waals surface area contributed by atoms with E-state index in [0.717, 1.165) is 10.6 Å². The van der Waals surface area contributed by atoms with Crippen molar-refractivity contribution in [3.05, 3.63) is 35.2 Å². The molecule has 3 rings (SSSR count). The van der Waals surface area contributed by atoms with Gasteiger partial charge in [0.15, 0.2) is 5.82 Å². The molecule has 0 aromatic carbocycles. The topological polar surface area (TPSA) is 93.2 Å². The second kappa shape index (κ2) is 5.85. The van der Waals surface area contributed by atoms with E-state index < -0.39 is 5.97 Å². The molecule has 7 nitrogen and oxygen atoms in total. The molecule has 0 aliphatic carbocycles. The lowest BCUT2D eigenvalue weighted by molar-refractivity contribution is 0.0701. The molecule has 9 heteroatoms. The van der Waals surface area contributed by atoms with Crippen molar-refractivity contribution in [2.24, 2.45) is 7.05 Å². The van der Waals surface area contributed by atoms with Gasteiger partial charge >= 0.3 is 5.97 Å². The van der Waals surface area contributed by atoms with E-state index in [-0.39, 0.29) is 4.88 Å². The van der Waals surface area contributed by atoms with E-state index in [4.69, 9.17) is 9.63 Å². The number of hydrogen-bond donors (Lipinski definition) is 2. The van der Waals surface area contributed by atoms with Gasteiger partial charge in [-0.3, -0.25) is 0 Å². The molecular formula is C13H12N4O3S2. The predicted molar refractivity (Wildman–Crippen MR) is 84.2 cm³/mol. The summed E-state index contributed by atoms with van der Waals surface area (Å²) in [6.45, 7) is 1.70. The molecule has 3 aromatic heterocycles. The predicted octanol–water partition coefficient (Wildman–Crippen LogP) is 3.26. The first-order valence-electron chi connectivity index (χ1n) is 6.25. The van der Waals surface area contributed by atoms with E-state index >= 15 is 0 Å². The zero-order chi connectivity index (χ0) is 15.7. The van der Waals surface area contributed by atoms with Gasteiger partial charge in [0.25, 0.3) is 0 Å². The normalized spacial score (nSPS) is 10.8. The van der Waals surface area contributed by atoms with Crippen molar-refractivity contribution in [2.75, 3.05) is 4.72 Å². The van der Waals surface area contributed by atoms with Crippen molar-refractivity contribution in [2.45, 2.75) is 11.8 Å². The van der Waals surface area contributed by atoms with Crippen LogP contribution in [0.25, 0.3) is 10.7 Å². The number of nitrogens with one attached hydrogen (secondary N) is 1. The van der Waals surface area contributed by atoms with E-state index in [9.17, 15) is 4.79 Å². The number of anilines is 1. The number of carboxylic acids is 1. The molecule has 0 aliphatic heterocycles. The van der Waals surface area contributed by atoms with Gasteiger partial charge < -0.3 is 18.9 Å². The maximum absolute atomic E-state index is 11.1. The highest BCUT2D eigenvalue weighted by Crippen LogP contribution is 2.32. The van der Waals surface area contributed by atoms with E-state index in [0.29, 0.717) is 16.5 Å². The van der Waals surface area contributed by atoms with Crippen LogP contribution in [0, 0.1) is 6.92 Å². The second-order valence-corrected chi connectivity index (χ2v) is 6.38. The van der Waals surface area contributed by atoms with Crippen LogP contribution < -0.4 is 4.72 Å². The number of rotatable bonds is 5. The van der Waals surface area contributed by atoms with Gasteiger partial charge in [-0.05, 0) is 24.9 Å². The second-order valence-electron chi connectivity index (χ2n) is 4.50. The highest BCUT2D eigenvalue weighted by Gasteiger charge is 2.17. The van der Waals surface area contributed by atoms with Crippen LogP contribution in [0.3, 0.4) is 0 Å². The Hall–Kier alpha value is -2.26. The Bertz CT molecular complexity index is 807. The third-order valence-corrected chi connectivity index (χ3v) is 4.84. The molecule has 0 fully saturated rings. The number of hydrogen-bond acceptors (Lipinski definition) is 7. The standard InChI is InChI=1S/C13H12N4O3S2/c1-7-11(13(18)19)21-12(14-7)9-5-8(6-17(9)2)22-16-10-3-4-20-15-10/h3-6H,1-2H3,(H,15,16)(H,18,19). The van der Waals surface area contributed by atoms with Gasteiger partial charge in [0.2, 0.25) is 0 Å². The number of carboxylic acid groups (broad SMARTS) is 1. The molecule has 0 aliphatic rings. The van der Waals surface area contributed by atoms with Crippen molar-refractivity contribution >= 4 is 35.1 Å². The lowest BCUT2D eigenvalue weighted by Crippen LogP contribution is -1.94. The van der Waals surface area contributed by atoms with Crippen molar-refractivity contribution in [3.63, 3.8) is 0 Å². The minimum atomic E-state index is -0.947. The molecule has 2 N–H and O–H groups in total. The van der Waals surface area contributed by atoms with E-state index in [1.54, 1.807) is 13.0 Å². The molecular weight excluding hydrogens is 324 g/mol. The molecule has 0 atom stereocenters. The quantitative estimate of drug-likeness (QED) is 0.691. The smallest absolute Gasteiger partial charge is 0.347 e. The first-order chi connectivity index (χ1) is 10.5. The summed E-state index contributed by atoms with van der Waals surface area (Å²) in [6.07, 6.45) is 3.43. The number of aromatic nitrogens is 3.